The molecule has 162 valence electrons. The number of benzene rings is 2. The predicted octanol–water partition coefficient (Wildman–Crippen LogP) is 5.28. The van der Waals surface area contributed by atoms with Crippen molar-refractivity contribution < 1.29 is 27.2 Å². The number of nitrogens with one attached hydrogen (secondary N) is 2. The number of amides is 2. The fraction of sp³-hybridized carbons (Fsp3) is 0.364. The molecule has 4 nitrogen and oxygen atoms in total. The molecule has 2 aromatic rings. The van der Waals surface area contributed by atoms with Crippen molar-refractivity contribution in [1.82, 2.24) is 0 Å². The van der Waals surface area contributed by atoms with Crippen molar-refractivity contribution in [3.63, 3.8) is 0 Å². The van der Waals surface area contributed by atoms with Crippen LogP contribution in [0.2, 0.25) is 0 Å². The Hall–Kier alpha value is -2.90. The van der Waals surface area contributed by atoms with E-state index in [-0.39, 0.29) is 11.4 Å². The van der Waals surface area contributed by atoms with Gasteiger partial charge < -0.3 is 10.6 Å². The topological polar surface area (TPSA) is 58.2 Å². The third kappa shape index (κ3) is 4.32. The van der Waals surface area contributed by atoms with Crippen LogP contribution in [-0.4, -0.2) is 23.7 Å². The van der Waals surface area contributed by atoms with Gasteiger partial charge in [-0.15, -0.1) is 0 Å². The molecule has 0 heterocycles. The molecule has 2 aromatic carbocycles. The van der Waals surface area contributed by atoms with Crippen molar-refractivity contribution in [2.75, 3.05) is 10.6 Å². The highest BCUT2D eigenvalue weighted by Gasteiger charge is 2.67. The average Bonchev–Trinajstić information content (AvgIpc) is 2.70. The zero-order valence-corrected chi connectivity index (χ0v) is 17.2. The summed E-state index contributed by atoms with van der Waals surface area (Å²) in [5.74, 6) is -15.0. The summed E-state index contributed by atoms with van der Waals surface area (Å²) in [5.41, 5.74) is 1.98. The standard InChI is InChI=1S/C22H24F4N2O2/c1-5-15-11-7-9-13(3)17(15)27-19(29)21(23,24)22(25,26)20(30)28-18-14(4)10-8-12-16(18)6-2/h7-12H,5-6H2,1-4H3,(H,27,29)(H,28,30). The Morgan fingerprint density at radius 3 is 1.37 bits per heavy atom. The minimum absolute atomic E-state index is 0.0352. The van der Waals surface area contributed by atoms with E-state index >= 15 is 0 Å². The van der Waals surface area contributed by atoms with E-state index in [1.54, 1.807) is 64.1 Å². The minimum Gasteiger partial charge on any atom is -0.320 e. The maximum Gasteiger partial charge on any atom is 0.396 e. The second-order valence-corrected chi connectivity index (χ2v) is 6.98. The van der Waals surface area contributed by atoms with Gasteiger partial charge in [0.15, 0.2) is 0 Å². The van der Waals surface area contributed by atoms with Gasteiger partial charge >= 0.3 is 23.7 Å². The number of anilines is 2. The summed E-state index contributed by atoms with van der Waals surface area (Å²) in [5, 5.41) is 3.76. The van der Waals surface area contributed by atoms with E-state index in [1.165, 1.54) is 0 Å². The molecule has 0 saturated heterocycles. The summed E-state index contributed by atoms with van der Waals surface area (Å²) in [6.07, 6.45) is 0.791. The quantitative estimate of drug-likeness (QED) is 0.595. The van der Waals surface area contributed by atoms with Gasteiger partial charge in [-0.25, -0.2) is 0 Å². The molecule has 0 saturated carbocycles. The van der Waals surface area contributed by atoms with Gasteiger partial charge in [-0.3, -0.25) is 9.59 Å². The molecular weight excluding hydrogens is 400 g/mol. The number of alkyl halides is 4. The van der Waals surface area contributed by atoms with Crippen LogP contribution in [0.5, 0.6) is 0 Å². The Balaban J connectivity index is 2.31. The number of halogens is 4. The second-order valence-electron chi connectivity index (χ2n) is 6.98. The molecule has 0 unspecified atom stereocenters. The summed E-state index contributed by atoms with van der Waals surface area (Å²) in [6, 6.07) is 9.63. The van der Waals surface area contributed by atoms with Gasteiger partial charge in [0.2, 0.25) is 0 Å². The van der Waals surface area contributed by atoms with Crippen LogP contribution in [0.15, 0.2) is 36.4 Å². The summed E-state index contributed by atoms with van der Waals surface area (Å²) in [7, 11) is 0. The van der Waals surface area contributed by atoms with Gasteiger partial charge in [0.1, 0.15) is 0 Å². The normalized spacial score (nSPS) is 11.9. The van der Waals surface area contributed by atoms with Gasteiger partial charge in [-0.1, -0.05) is 50.2 Å². The molecule has 0 radical (unpaired) electrons. The first kappa shape index (κ1) is 23.4. The third-order valence-electron chi connectivity index (χ3n) is 4.92. The molecule has 8 heteroatoms. The Kier molecular flexibility index (Phi) is 6.90. The summed E-state index contributed by atoms with van der Waals surface area (Å²) in [6.45, 7) is 6.58. The van der Waals surface area contributed by atoms with Crippen molar-refractivity contribution in [3.8, 4) is 0 Å². The Bertz CT molecular complexity index is 881. The monoisotopic (exact) mass is 424 g/mol. The molecule has 0 aliphatic heterocycles. The molecule has 0 aliphatic carbocycles. The zero-order valence-electron chi connectivity index (χ0n) is 17.2. The fourth-order valence-corrected chi connectivity index (χ4v) is 3.07. The first-order valence-electron chi connectivity index (χ1n) is 9.52. The highest BCUT2D eigenvalue weighted by Crippen LogP contribution is 2.37. The minimum atomic E-state index is -5.26. The SMILES string of the molecule is CCc1cccc(C)c1NC(=O)C(F)(F)C(F)(F)C(=O)Nc1c(C)cccc1CC. The molecule has 0 aliphatic rings. The fourth-order valence-electron chi connectivity index (χ4n) is 3.07. The molecule has 0 bridgehead atoms. The molecule has 30 heavy (non-hydrogen) atoms. The lowest BCUT2D eigenvalue weighted by atomic mass is 10.0. The lowest BCUT2D eigenvalue weighted by molar-refractivity contribution is -0.204. The van der Waals surface area contributed by atoms with Gasteiger partial charge in [0.05, 0.1) is 0 Å². The van der Waals surface area contributed by atoms with Crippen LogP contribution in [0.3, 0.4) is 0 Å². The Morgan fingerprint density at radius 1 is 0.733 bits per heavy atom. The van der Waals surface area contributed by atoms with Gasteiger partial charge in [0.25, 0.3) is 0 Å². The van der Waals surface area contributed by atoms with Gasteiger partial charge in [0, 0.05) is 11.4 Å². The van der Waals surface area contributed by atoms with E-state index in [2.05, 4.69) is 0 Å². The molecule has 2 N–H and O–H groups in total. The first-order valence-corrected chi connectivity index (χ1v) is 9.52. The number of carbonyl (C=O) groups is 2. The van der Waals surface area contributed by atoms with Crippen LogP contribution in [0.1, 0.15) is 36.1 Å². The van der Waals surface area contributed by atoms with Crippen molar-refractivity contribution in [3.05, 3.63) is 58.7 Å². The van der Waals surface area contributed by atoms with E-state index in [1.807, 2.05) is 10.6 Å². The van der Waals surface area contributed by atoms with Gasteiger partial charge in [-0.2, -0.15) is 17.6 Å². The van der Waals surface area contributed by atoms with Crippen LogP contribution in [0.4, 0.5) is 28.9 Å². The smallest absolute Gasteiger partial charge is 0.320 e. The van der Waals surface area contributed by atoms with Crippen LogP contribution in [-0.2, 0) is 22.4 Å². The molecule has 2 rings (SSSR count). The average molecular weight is 424 g/mol. The summed E-state index contributed by atoms with van der Waals surface area (Å²) < 4.78 is 57.8. The number of rotatable bonds is 7. The lowest BCUT2D eigenvalue weighted by Gasteiger charge is -2.26. The Labute approximate surface area is 172 Å². The van der Waals surface area contributed by atoms with Crippen LogP contribution >= 0.6 is 0 Å². The largest absolute Gasteiger partial charge is 0.396 e. The first-order chi connectivity index (χ1) is 14.0. The van der Waals surface area contributed by atoms with Crippen LogP contribution < -0.4 is 10.6 Å². The molecule has 0 aromatic heterocycles. The third-order valence-corrected chi connectivity index (χ3v) is 4.92. The van der Waals surface area contributed by atoms with E-state index in [0.29, 0.717) is 35.1 Å². The highest BCUT2D eigenvalue weighted by atomic mass is 19.3. The number of hydrogen-bond acceptors (Lipinski definition) is 2. The second kappa shape index (κ2) is 8.85. The number of aryl methyl sites for hydroxylation is 4. The highest BCUT2D eigenvalue weighted by molar-refractivity contribution is 6.06. The van der Waals surface area contributed by atoms with Crippen molar-refractivity contribution in [1.29, 1.82) is 0 Å². The van der Waals surface area contributed by atoms with Crippen LogP contribution in [0, 0.1) is 13.8 Å². The lowest BCUT2D eigenvalue weighted by Crippen LogP contribution is -2.56. The molecule has 2 amide bonds. The number of hydrogen-bond donors (Lipinski definition) is 2. The number of carbonyl (C=O) groups excluding carboxylic acids is 2. The van der Waals surface area contributed by atoms with Gasteiger partial charge in [-0.05, 0) is 48.9 Å². The molecule has 0 spiro atoms. The number of para-hydroxylation sites is 2. The molecule has 0 atom stereocenters. The van der Waals surface area contributed by atoms with E-state index < -0.39 is 23.7 Å². The molecule has 0 fully saturated rings. The maximum absolute atomic E-state index is 14.5. The van der Waals surface area contributed by atoms with Crippen LogP contribution in [0.25, 0.3) is 0 Å². The van der Waals surface area contributed by atoms with Crippen molar-refractivity contribution in [2.45, 2.75) is 52.4 Å². The maximum atomic E-state index is 14.5. The van der Waals surface area contributed by atoms with E-state index in [0.717, 1.165) is 0 Å². The zero-order chi connectivity index (χ0) is 22.7. The predicted molar refractivity (Wildman–Crippen MR) is 108 cm³/mol. The summed E-state index contributed by atoms with van der Waals surface area (Å²) in [4.78, 5) is 24.3. The van der Waals surface area contributed by atoms with E-state index in [4.69, 9.17) is 0 Å². The molecular formula is C22H24F4N2O2. The summed E-state index contributed by atoms with van der Waals surface area (Å²) >= 11 is 0. The van der Waals surface area contributed by atoms with E-state index in [9.17, 15) is 27.2 Å². The van der Waals surface area contributed by atoms with Crippen molar-refractivity contribution in [2.24, 2.45) is 0 Å². The Morgan fingerprint density at radius 2 is 1.07 bits per heavy atom. The van der Waals surface area contributed by atoms with Crippen molar-refractivity contribution >= 4 is 23.2 Å².